The van der Waals surface area contributed by atoms with Crippen LogP contribution in [0.25, 0.3) is 10.2 Å². The van der Waals surface area contributed by atoms with Crippen LogP contribution in [0, 0.1) is 0 Å². The van der Waals surface area contributed by atoms with E-state index in [0.29, 0.717) is 19.4 Å². The molecule has 3 rings (SSSR count). The number of fused-ring (bicyclic) bond motifs is 1. The van der Waals surface area contributed by atoms with Crippen LogP contribution in [0.4, 0.5) is 5.13 Å². The third kappa shape index (κ3) is 2.98. The van der Waals surface area contributed by atoms with Crippen molar-refractivity contribution in [3.05, 3.63) is 38.5 Å². The molecule has 1 N–H and O–H groups in total. The van der Waals surface area contributed by atoms with Gasteiger partial charge in [-0.3, -0.25) is 10.1 Å². The molecule has 0 fully saturated rings. The fourth-order valence-corrected chi connectivity index (χ4v) is 4.09. The van der Waals surface area contributed by atoms with Gasteiger partial charge in [-0.1, -0.05) is 34.5 Å². The topological polar surface area (TPSA) is 51.2 Å². The third-order valence-electron chi connectivity index (χ3n) is 2.72. The van der Waals surface area contributed by atoms with Crippen molar-refractivity contribution in [2.45, 2.75) is 0 Å². The number of carbonyl (C=O) groups is 1. The summed E-state index contributed by atoms with van der Waals surface area (Å²) in [5.41, 5.74) is 1.15. The summed E-state index contributed by atoms with van der Waals surface area (Å²) in [5, 5.41) is 3.23. The minimum absolute atomic E-state index is 0.325. The molecule has 2 aromatic heterocycles. The number of thiophene rings is 1. The Bertz CT molecular complexity index is 829. The van der Waals surface area contributed by atoms with E-state index in [1.54, 1.807) is 13.2 Å². The first-order valence-corrected chi connectivity index (χ1v) is 8.16. The predicted octanol–water partition coefficient (Wildman–Crippen LogP) is 4.93. The Morgan fingerprint density at radius 2 is 2.10 bits per heavy atom. The molecule has 0 aliphatic carbocycles. The Morgan fingerprint density at radius 1 is 1.29 bits per heavy atom. The highest BCUT2D eigenvalue weighted by atomic mass is 35.5. The van der Waals surface area contributed by atoms with Crippen molar-refractivity contribution in [1.29, 1.82) is 0 Å². The number of hydrogen-bond acceptors (Lipinski definition) is 5. The van der Waals surface area contributed by atoms with Gasteiger partial charge in [0, 0.05) is 0 Å². The van der Waals surface area contributed by atoms with E-state index >= 15 is 0 Å². The molecule has 1 amide bonds. The van der Waals surface area contributed by atoms with Gasteiger partial charge in [-0.05, 0) is 24.3 Å². The highest BCUT2D eigenvalue weighted by molar-refractivity contribution is 7.22. The van der Waals surface area contributed by atoms with E-state index in [4.69, 9.17) is 27.9 Å². The normalized spacial score (nSPS) is 10.8. The molecule has 0 spiro atoms. The molecule has 1 aromatic carbocycles. The Balaban J connectivity index is 1.87. The lowest BCUT2D eigenvalue weighted by molar-refractivity contribution is 0.102. The fourth-order valence-electron chi connectivity index (χ4n) is 1.74. The maximum atomic E-state index is 12.1. The van der Waals surface area contributed by atoms with Gasteiger partial charge in [0.1, 0.15) is 10.1 Å². The maximum absolute atomic E-state index is 12.1. The highest BCUT2D eigenvalue weighted by Gasteiger charge is 2.16. The summed E-state index contributed by atoms with van der Waals surface area (Å²) in [4.78, 5) is 16.5. The zero-order valence-corrected chi connectivity index (χ0v) is 13.8. The number of methoxy groups -OCH3 is 1. The van der Waals surface area contributed by atoms with E-state index in [9.17, 15) is 4.79 Å². The lowest BCUT2D eigenvalue weighted by Gasteiger charge is -1.98. The van der Waals surface area contributed by atoms with Crippen molar-refractivity contribution in [1.82, 2.24) is 4.98 Å². The Labute approximate surface area is 138 Å². The van der Waals surface area contributed by atoms with Gasteiger partial charge in [0.25, 0.3) is 5.91 Å². The van der Waals surface area contributed by atoms with Crippen LogP contribution in [-0.2, 0) is 0 Å². The summed E-state index contributed by atoms with van der Waals surface area (Å²) >= 11 is 14.3. The molecule has 0 radical (unpaired) electrons. The van der Waals surface area contributed by atoms with Crippen molar-refractivity contribution in [2.24, 2.45) is 0 Å². The van der Waals surface area contributed by atoms with E-state index < -0.39 is 0 Å². The Hall–Kier alpha value is -1.34. The minimum atomic E-state index is -0.325. The third-order valence-corrected chi connectivity index (χ3v) is 5.14. The van der Waals surface area contributed by atoms with Gasteiger partial charge in [-0.25, -0.2) is 4.98 Å². The summed E-state index contributed by atoms with van der Waals surface area (Å²) in [6.07, 6.45) is 0. The molecule has 21 heavy (non-hydrogen) atoms. The molecule has 0 aliphatic heterocycles. The van der Waals surface area contributed by atoms with E-state index in [2.05, 4.69) is 10.3 Å². The number of hydrogen-bond donors (Lipinski definition) is 1. The first kappa shape index (κ1) is 14.6. The van der Waals surface area contributed by atoms with Gasteiger partial charge < -0.3 is 4.74 Å². The number of nitrogens with one attached hydrogen (secondary N) is 1. The first-order chi connectivity index (χ1) is 10.1. The average molecular weight is 359 g/mol. The van der Waals surface area contributed by atoms with E-state index in [0.717, 1.165) is 27.3 Å². The van der Waals surface area contributed by atoms with Gasteiger partial charge in [0.05, 0.1) is 27.2 Å². The number of aromatic nitrogens is 1. The van der Waals surface area contributed by atoms with Crippen molar-refractivity contribution in [3.63, 3.8) is 0 Å². The van der Waals surface area contributed by atoms with Crippen LogP contribution < -0.4 is 10.1 Å². The number of halogens is 2. The summed E-state index contributed by atoms with van der Waals surface area (Å²) in [7, 11) is 1.60. The molecular weight excluding hydrogens is 351 g/mol. The molecule has 0 saturated heterocycles. The van der Waals surface area contributed by atoms with E-state index in [1.165, 1.54) is 11.3 Å². The molecule has 0 bridgehead atoms. The van der Waals surface area contributed by atoms with Gasteiger partial charge in [0.2, 0.25) is 0 Å². The molecule has 0 aliphatic rings. The molecule has 3 aromatic rings. The first-order valence-electron chi connectivity index (χ1n) is 5.77. The van der Waals surface area contributed by atoms with Crippen LogP contribution >= 0.6 is 45.9 Å². The van der Waals surface area contributed by atoms with Gasteiger partial charge >= 0.3 is 0 Å². The number of carbonyl (C=O) groups excluding carboxylic acids is 1. The molecule has 8 heteroatoms. The number of thiazole rings is 1. The van der Waals surface area contributed by atoms with Crippen LogP contribution in [0.2, 0.25) is 8.67 Å². The van der Waals surface area contributed by atoms with Crippen LogP contribution in [-0.4, -0.2) is 18.0 Å². The number of benzene rings is 1. The van der Waals surface area contributed by atoms with Crippen LogP contribution in [0.15, 0.2) is 24.3 Å². The van der Waals surface area contributed by atoms with Crippen molar-refractivity contribution in [3.8, 4) is 5.75 Å². The standard InChI is InChI=1S/C13H8Cl2N2O2S2/c1-19-6-2-3-8-9(4-6)20-13(16-8)17-12(18)7-5-10(14)21-11(7)15/h2-5H,1H3,(H,16,17,18). The predicted molar refractivity (Wildman–Crippen MR) is 88.5 cm³/mol. The maximum Gasteiger partial charge on any atom is 0.259 e. The lowest BCUT2D eigenvalue weighted by Crippen LogP contribution is -2.10. The molecule has 108 valence electrons. The molecule has 0 saturated carbocycles. The quantitative estimate of drug-likeness (QED) is 0.722. The molecule has 4 nitrogen and oxygen atoms in total. The number of rotatable bonds is 3. The van der Waals surface area contributed by atoms with Crippen molar-refractivity contribution in [2.75, 3.05) is 12.4 Å². The summed E-state index contributed by atoms with van der Waals surface area (Å²) in [6.45, 7) is 0. The smallest absolute Gasteiger partial charge is 0.259 e. The number of amides is 1. The SMILES string of the molecule is COc1ccc2nc(NC(=O)c3cc(Cl)sc3Cl)sc2c1. The molecule has 0 atom stereocenters. The van der Waals surface area contributed by atoms with Crippen LogP contribution in [0.1, 0.15) is 10.4 Å². The average Bonchev–Trinajstić information content (AvgIpc) is 2.99. The van der Waals surface area contributed by atoms with Gasteiger partial charge in [-0.2, -0.15) is 0 Å². The summed E-state index contributed by atoms with van der Waals surface area (Å²) in [5.74, 6) is 0.422. The van der Waals surface area contributed by atoms with Gasteiger partial charge in [0.15, 0.2) is 5.13 Å². The van der Waals surface area contributed by atoms with E-state index in [-0.39, 0.29) is 5.91 Å². The fraction of sp³-hybridized carbons (Fsp3) is 0.0769. The van der Waals surface area contributed by atoms with Crippen molar-refractivity contribution < 1.29 is 9.53 Å². The monoisotopic (exact) mass is 358 g/mol. The van der Waals surface area contributed by atoms with Gasteiger partial charge in [-0.15, -0.1) is 11.3 Å². The Kier molecular flexibility index (Phi) is 4.03. The summed E-state index contributed by atoms with van der Waals surface area (Å²) in [6, 6.07) is 7.08. The molecular formula is C13H8Cl2N2O2S2. The second kappa shape index (κ2) is 5.81. The Morgan fingerprint density at radius 3 is 2.76 bits per heavy atom. The molecule has 0 unspecified atom stereocenters. The second-order valence-corrected chi connectivity index (χ2v) is 7.36. The minimum Gasteiger partial charge on any atom is -0.497 e. The zero-order valence-electron chi connectivity index (χ0n) is 10.6. The highest BCUT2D eigenvalue weighted by Crippen LogP contribution is 2.33. The number of anilines is 1. The number of ether oxygens (including phenoxy) is 1. The largest absolute Gasteiger partial charge is 0.497 e. The molecule has 2 heterocycles. The zero-order chi connectivity index (χ0) is 15.0. The lowest BCUT2D eigenvalue weighted by atomic mass is 10.3. The van der Waals surface area contributed by atoms with E-state index in [1.807, 2.05) is 18.2 Å². The summed E-state index contributed by atoms with van der Waals surface area (Å²) < 4.78 is 6.92. The number of nitrogens with zero attached hydrogens (tertiary/aromatic N) is 1. The van der Waals surface area contributed by atoms with Crippen LogP contribution in [0.5, 0.6) is 5.75 Å². The second-order valence-electron chi connectivity index (χ2n) is 4.04. The van der Waals surface area contributed by atoms with Crippen LogP contribution in [0.3, 0.4) is 0 Å². The van der Waals surface area contributed by atoms with Crippen molar-refractivity contribution >= 4 is 67.1 Å².